The third-order valence-corrected chi connectivity index (χ3v) is 1.55. The molecule has 1 heterocycles. The van der Waals surface area contributed by atoms with Crippen molar-refractivity contribution in [2.45, 2.75) is 6.92 Å². The third-order valence-electron chi connectivity index (χ3n) is 1.55. The molecule has 1 amide bonds. The Balaban J connectivity index is 2.81. The van der Waals surface area contributed by atoms with Gasteiger partial charge in [0.2, 0.25) is 5.91 Å². The number of nitrogens with one attached hydrogen (secondary N) is 1. The van der Waals surface area contributed by atoms with E-state index < -0.39 is 5.97 Å². The molecule has 0 fully saturated rings. The highest BCUT2D eigenvalue weighted by molar-refractivity contribution is 5.94. The number of hydrogen-bond acceptors (Lipinski definition) is 2. The first-order valence-electron chi connectivity index (χ1n) is 3.74. The highest BCUT2D eigenvalue weighted by Gasteiger charge is 2.14. The van der Waals surface area contributed by atoms with Gasteiger partial charge < -0.3 is 10.1 Å². The van der Waals surface area contributed by atoms with Crippen LogP contribution in [0.2, 0.25) is 0 Å². The van der Waals surface area contributed by atoms with Crippen LogP contribution >= 0.6 is 0 Å². The summed E-state index contributed by atoms with van der Waals surface area (Å²) < 4.78 is 0. The average molecular weight is 182 g/mol. The number of carboxylic acids is 1. The number of carbonyl (C=O) groups is 2. The fourth-order valence-electron chi connectivity index (χ4n) is 0.990. The van der Waals surface area contributed by atoms with E-state index in [9.17, 15) is 9.59 Å². The van der Waals surface area contributed by atoms with Gasteiger partial charge in [0.15, 0.2) is 0 Å². The second kappa shape index (κ2) is 3.75. The molecule has 0 aliphatic heterocycles. The normalized spacial score (nSPS) is 9.62. The maximum atomic E-state index is 11.0. The van der Waals surface area contributed by atoms with Gasteiger partial charge in [0.05, 0.1) is 0 Å². The van der Waals surface area contributed by atoms with Crippen molar-refractivity contribution in [1.29, 1.82) is 0 Å². The standard InChI is InChI=1S/C8H10N2O3/c1-6(11)10(5-8(12)13)7-3-2-4-9-7/h2-4,9H,5H2,1H3,(H,12,13). The van der Waals surface area contributed by atoms with E-state index in [4.69, 9.17) is 5.11 Å². The minimum atomic E-state index is -1.04. The number of aromatic nitrogens is 1. The number of aliphatic carboxylic acids is 1. The summed E-state index contributed by atoms with van der Waals surface area (Å²) in [6.45, 7) is 1.000. The predicted octanol–water partition coefficient (Wildman–Crippen LogP) is 0.452. The van der Waals surface area contributed by atoms with E-state index in [-0.39, 0.29) is 12.5 Å². The molecule has 0 spiro atoms. The Labute approximate surface area is 75.0 Å². The summed E-state index contributed by atoms with van der Waals surface area (Å²) in [5, 5.41) is 8.52. The second-order valence-corrected chi connectivity index (χ2v) is 2.55. The Kier molecular flexibility index (Phi) is 2.69. The molecule has 1 rings (SSSR count). The summed E-state index contributed by atoms with van der Waals surface area (Å²) in [7, 11) is 0. The SMILES string of the molecule is CC(=O)N(CC(=O)O)c1ccc[nH]1. The Hall–Kier alpha value is -1.78. The molecule has 0 saturated carbocycles. The molecule has 70 valence electrons. The molecule has 0 aliphatic rings. The Bertz CT molecular complexity index is 305. The number of amides is 1. The van der Waals surface area contributed by atoms with Crippen LogP contribution in [0.1, 0.15) is 6.92 Å². The molecular weight excluding hydrogens is 172 g/mol. The highest BCUT2D eigenvalue weighted by Crippen LogP contribution is 2.09. The van der Waals surface area contributed by atoms with Gasteiger partial charge in [0, 0.05) is 13.1 Å². The lowest BCUT2D eigenvalue weighted by Crippen LogP contribution is -2.33. The summed E-state index contributed by atoms with van der Waals surface area (Å²) in [6.07, 6.45) is 1.63. The highest BCUT2D eigenvalue weighted by atomic mass is 16.4. The monoisotopic (exact) mass is 182 g/mol. The maximum Gasteiger partial charge on any atom is 0.323 e. The summed E-state index contributed by atoms with van der Waals surface area (Å²) in [4.78, 5) is 25.3. The number of anilines is 1. The van der Waals surface area contributed by atoms with E-state index in [0.717, 1.165) is 4.90 Å². The van der Waals surface area contributed by atoms with Gasteiger partial charge >= 0.3 is 5.97 Å². The molecule has 5 heteroatoms. The zero-order chi connectivity index (χ0) is 9.84. The molecule has 0 unspecified atom stereocenters. The van der Waals surface area contributed by atoms with E-state index in [1.165, 1.54) is 6.92 Å². The van der Waals surface area contributed by atoms with Crippen molar-refractivity contribution in [2.75, 3.05) is 11.4 Å². The lowest BCUT2D eigenvalue weighted by molar-refractivity contribution is -0.136. The van der Waals surface area contributed by atoms with Crippen LogP contribution in [0.4, 0.5) is 5.82 Å². The number of aromatic amines is 1. The molecule has 1 aromatic heterocycles. The van der Waals surface area contributed by atoms with Crippen LogP contribution in [-0.4, -0.2) is 28.5 Å². The van der Waals surface area contributed by atoms with Crippen molar-refractivity contribution in [3.8, 4) is 0 Å². The van der Waals surface area contributed by atoms with E-state index in [1.54, 1.807) is 18.3 Å². The number of carbonyl (C=O) groups excluding carboxylic acids is 1. The lowest BCUT2D eigenvalue weighted by Gasteiger charge is -2.16. The molecule has 0 aliphatic carbocycles. The number of hydrogen-bond donors (Lipinski definition) is 2. The van der Waals surface area contributed by atoms with Crippen molar-refractivity contribution in [3.63, 3.8) is 0 Å². The second-order valence-electron chi connectivity index (χ2n) is 2.55. The minimum absolute atomic E-state index is 0.301. The molecule has 1 aromatic rings. The summed E-state index contributed by atoms with van der Waals surface area (Å²) >= 11 is 0. The molecular formula is C8H10N2O3. The molecule has 5 nitrogen and oxygen atoms in total. The molecule has 0 atom stereocenters. The molecule has 2 N–H and O–H groups in total. The van der Waals surface area contributed by atoms with Crippen molar-refractivity contribution >= 4 is 17.7 Å². The fourth-order valence-corrected chi connectivity index (χ4v) is 0.990. The van der Waals surface area contributed by atoms with Gasteiger partial charge in [-0.3, -0.25) is 14.5 Å². The minimum Gasteiger partial charge on any atom is -0.480 e. The number of rotatable bonds is 3. The van der Waals surface area contributed by atoms with Gasteiger partial charge in [-0.25, -0.2) is 0 Å². The van der Waals surface area contributed by atoms with Gasteiger partial charge in [-0.15, -0.1) is 0 Å². The van der Waals surface area contributed by atoms with Crippen LogP contribution in [0.3, 0.4) is 0 Å². The lowest BCUT2D eigenvalue weighted by atomic mass is 10.4. The zero-order valence-electron chi connectivity index (χ0n) is 7.15. The van der Waals surface area contributed by atoms with E-state index in [2.05, 4.69) is 4.98 Å². The van der Waals surface area contributed by atoms with E-state index >= 15 is 0 Å². The van der Waals surface area contributed by atoms with E-state index in [1.807, 2.05) is 0 Å². The Morgan fingerprint density at radius 2 is 2.31 bits per heavy atom. The molecule has 0 aromatic carbocycles. The Morgan fingerprint density at radius 1 is 1.62 bits per heavy atom. The van der Waals surface area contributed by atoms with Gasteiger partial charge in [0.1, 0.15) is 12.4 Å². The first kappa shape index (κ1) is 9.31. The average Bonchev–Trinajstić information content (AvgIpc) is 2.50. The topological polar surface area (TPSA) is 73.4 Å². The van der Waals surface area contributed by atoms with Crippen molar-refractivity contribution in [1.82, 2.24) is 4.98 Å². The van der Waals surface area contributed by atoms with Gasteiger partial charge in [-0.2, -0.15) is 0 Å². The molecule has 13 heavy (non-hydrogen) atoms. The first-order chi connectivity index (χ1) is 6.11. The summed E-state index contributed by atoms with van der Waals surface area (Å²) in [5.74, 6) is -0.843. The van der Waals surface area contributed by atoms with E-state index in [0.29, 0.717) is 5.82 Å². The molecule has 0 saturated heterocycles. The van der Waals surface area contributed by atoms with Crippen molar-refractivity contribution in [3.05, 3.63) is 18.3 Å². The largest absolute Gasteiger partial charge is 0.480 e. The van der Waals surface area contributed by atoms with Crippen molar-refractivity contribution < 1.29 is 14.7 Å². The predicted molar refractivity (Wildman–Crippen MR) is 46.5 cm³/mol. The Morgan fingerprint density at radius 3 is 2.69 bits per heavy atom. The third kappa shape index (κ3) is 2.33. The molecule has 0 radical (unpaired) electrons. The van der Waals surface area contributed by atoms with Gasteiger partial charge in [-0.05, 0) is 12.1 Å². The molecule has 0 bridgehead atoms. The quantitative estimate of drug-likeness (QED) is 0.712. The fraction of sp³-hybridized carbons (Fsp3) is 0.250. The van der Waals surface area contributed by atoms with Crippen LogP contribution in [-0.2, 0) is 9.59 Å². The number of carboxylic acid groups (broad SMARTS) is 1. The van der Waals surface area contributed by atoms with Crippen LogP contribution in [0, 0.1) is 0 Å². The smallest absolute Gasteiger partial charge is 0.323 e. The van der Waals surface area contributed by atoms with Crippen molar-refractivity contribution in [2.24, 2.45) is 0 Å². The summed E-state index contributed by atoms with van der Waals surface area (Å²) in [5.41, 5.74) is 0. The number of H-pyrrole nitrogens is 1. The number of nitrogens with zero attached hydrogens (tertiary/aromatic N) is 1. The van der Waals surface area contributed by atoms with Gasteiger partial charge in [0.25, 0.3) is 0 Å². The van der Waals surface area contributed by atoms with Gasteiger partial charge in [-0.1, -0.05) is 0 Å². The zero-order valence-corrected chi connectivity index (χ0v) is 7.15. The van der Waals surface area contributed by atoms with Crippen LogP contribution in [0.25, 0.3) is 0 Å². The van der Waals surface area contributed by atoms with Crippen LogP contribution in [0.15, 0.2) is 18.3 Å². The maximum absolute atomic E-state index is 11.0. The van der Waals surface area contributed by atoms with Crippen LogP contribution in [0.5, 0.6) is 0 Å². The first-order valence-corrected chi connectivity index (χ1v) is 3.74. The summed E-state index contributed by atoms with van der Waals surface area (Å²) in [6, 6.07) is 3.34. The van der Waals surface area contributed by atoms with Crippen LogP contribution < -0.4 is 4.90 Å².